The van der Waals surface area contributed by atoms with Gasteiger partial charge in [0.05, 0.1) is 38.6 Å². The molecule has 0 spiro atoms. The van der Waals surface area contributed by atoms with E-state index in [1.807, 2.05) is 17.8 Å². The standard InChI is InChI=1S/C21H28ClN2S/c1-4-5-14-24(2,3)15-8-13-23-18-9-6-7-10-20(18)25-21-12-11-17(22)16-19(21)23/h6-7,9-12,16H,4-5,8,13-15H2,1-3H3/q+1. The number of para-hydroxylation sites is 1. The van der Waals surface area contributed by atoms with Crippen molar-refractivity contribution in [3.05, 3.63) is 47.5 Å². The van der Waals surface area contributed by atoms with Gasteiger partial charge in [-0.2, -0.15) is 0 Å². The smallest absolute Gasteiger partial charge is 0.0799 e. The van der Waals surface area contributed by atoms with Gasteiger partial charge in [0.2, 0.25) is 0 Å². The van der Waals surface area contributed by atoms with Crippen molar-refractivity contribution >= 4 is 34.7 Å². The average Bonchev–Trinajstić information content (AvgIpc) is 2.60. The molecule has 1 aliphatic heterocycles. The zero-order valence-electron chi connectivity index (χ0n) is 15.5. The molecule has 2 nitrogen and oxygen atoms in total. The molecule has 4 heteroatoms. The van der Waals surface area contributed by atoms with E-state index in [2.05, 4.69) is 62.3 Å². The van der Waals surface area contributed by atoms with Gasteiger partial charge >= 0.3 is 0 Å². The molecule has 0 saturated heterocycles. The van der Waals surface area contributed by atoms with E-state index in [4.69, 9.17) is 11.6 Å². The summed E-state index contributed by atoms with van der Waals surface area (Å²) in [7, 11) is 4.70. The third-order valence-electron chi connectivity index (χ3n) is 4.85. The molecule has 1 heterocycles. The second kappa shape index (κ2) is 8.03. The summed E-state index contributed by atoms with van der Waals surface area (Å²) in [6.45, 7) is 5.74. The molecule has 0 aromatic heterocycles. The zero-order valence-corrected chi connectivity index (χ0v) is 17.0. The quantitative estimate of drug-likeness (QED) is 0.529. The van der Waals surface area contributed by atoms with Crippen LogP contribution in [0.4, 0.5) is 11.4 Å². The summed E-state index contributed by atoms with van der Waals surface area (Å²) in [6, 6.07) is 14.9. The number of hydrogen-bond donors (Lipinski definition) is 0. The van der Waals surface area contributed by atoms with E-state index >= 15 is 0 Å². The molecular formula is C21H28ClN2S+. The Hall–Kier alpha value is -1.16. The molecule has 0 amide bonds. The SMILES string of the molecule is CCCC[N+](C)(C)CCCN1c2ccccc2Sc2ccc(Cl)cc21. The van der Waals surface area contributed by atoms with E-state index in [1.54, 1.807) is 0 Å². The number of unbranched alkanes of at least 4 members (excludes halogenated alkanes) is 1. The molecule has 0 N–H and O–H groups in total. The lowest BCUT2D eigenvalue weighted by atomic mass is 10.2. The summed E-state index contributed by atoms with van der Waals surface area (Å²) >= 11 is 8.13. The fourth-order valence-electron chi connectivity index (χ4n) is 3.40. The van der Waals surface area contributed by atoms with Crippen molar-refractivity contribution in [2.45, 2.75) is 36.0 Å². The molecule has 2 aromatic carbocycles. The normalized spacial score (nSPS) is 13.5. The predicted octanol–water partition coefficient (Wildman–Crippen LogP) is 6.21. The van der Waals surface area contributed by atoms with Crippen LogP contribution < -0.4 is 4.90 Å². The first-order valence-corrected chi connectivity index (χ1v) is 10.4. The molecule has 0 aliphatic carbocycles. The number of nitrogens with zero attached hydrogens (tertiary/aromatic N) is 2. The van der Waals surface area contributed by atoms with E-state index in [0.29, 0.717) is 0 Å². The third kappa shape index (κ3) is 4.52. The molecule has 0 fully saturated rings. The van der Waals surface area contributed by atoms with Crippen LogP contribution in [0.25, 0.3) is 0 Å². The summed E-state index contributed by atoms with van der Waals surface area (Å²) in [4.78, 5) is 5.08. The number of hydrogen-bond acceptors (Lipinski definition) is 2. The lowest BCUT2D eigenvalue weighted by Crippen LogP contribution is -2.42. The van der Waals surface area contributed by atoms with Gasteiger partial charge in [0.15, 0.2) is 0 Å². The molecule has 1 aliphatic rings. The van der Waals surface area contributed by atoms with E-state index < -0.39 is 0 Å². The Bertz CT molecular complexity index is 730. The van der Waals surface area contributed by atoms with Gasteiger partial charge < -0.3 is 9.38 Å². The van der Waals surface area contributed by atoms with Crippen molar-refractivity contribution in [3.8, 4) is 0 Å². The molecule has 3 rings (SSSR count). The minimum Gasteiger partial charge on any atom is -0.339 e. The summed E-state index contributed by atoms with van der Waals surface area (Å²) < 4.78 is 1.10. The van der Waals surface area contributed by atoms with Gasteiger partial charge in [-0.3, -0.25) is 0 Å². The second-order valence-electron chi connectivity index (χ2n) is 7.42. The third-order valence-corrected chi connectivity index (χ3v) is 6.22. The highest BCUT2D eigenvalue weighted by atomic mass is 35.5. The fraction of sp³-hybridized carbons (Fsp3) is 0.429. The van der Waals surface area contributed by atoms with Gasteiger partial charge in [-0.25, -0.2) is 0 Å². The molecule has 0 unspecified atom stereocenters. The summed E-state index contributed by atoms with van der Waals surface area (Å²) in [5.41, 5.74) is 2.55. The average molecular weight is 376 g/mol. The Balaban J connectivity index is 1.77. The molecule has 2 aromatic rings. The summed E-state index contributed by atoms with van der Waals surface area (Å²) in [6.07, 6.45) is 3.74. The van der Waals surface area contributed by atoms with E-state index in [1.165, 1.54) is 53.5 Å². The Morgan fingerprint density at radius 2 is 1.68 bits per heavy atom. The van der Waals surface area contributed by atoms with Crippen LogP contribution in [0, 0.1) is 0 Å². The van der Waals surface area contributed by atoms with Crippen LogP contribution in [0.5, 0.6) is 0 Å². The molecule has 134 valence electrons. The van der Waals surface area contributed by atoms with E-state index in [9.17, 15) is 0 Å². The first-order valence-electron chi connectivity index (χ1n) is 9.16. The lowest BCUT2D eigenvalue weighted by molar-refractivity contribution is -0.890. The maximum atomic E-state index is 6.29. The molecule has 25 heavy (non-hydrogen) atoms. The highest BCUT2D eigenvalue weighted by Gasteiger charge is 2.24. The van der Waals surface area contributed by atoms with Crippen molar-refractivity contribution in [3.63, 3.8) is 0 Å². The van der Waals surface area contributed by atoms with Crippen molar-refractivity contribution < 1.29 is 4.48 Å². The van der Waals surface area contributed by atoms with Crippen molar-refractivity contribution in [2.75, 3.05) is 38.6 Å². The highest BCUT2D eigenvalue weighted by molar-refractivity contribution is 7.99. The van der Waals surface area contributed by atoms with Crippen molar-refractivity contribution in [1.29, 1.82) is 0 Å². The van der Waals surface area contributed by atoms with Gasteiger partial charge in [0, 0.05) is 27.8 Å². The maximum absolute atomic E-state index is 6.29. The first kappa shape index (κ1) is 18.6. The van der Waals surface area contributed by atoms with Gasteiger partial charge in [0.1, 0.15) is 0 Å². The molecule has 0 saturated carbocycles. The largest absolute Gasteiger partial charge is 0.339 e. The lowest BCUT2D eigenvalue weighted by Gasteiger charge is -2.35. The van der Waals surface area contributed by atoms with E-state index in [-0.39, 0.29) is 0 Å². The molecule has 0 radical (unpaired) electrons. The van der Waals surface area contributed by atoms with Crippen LogP contribution in [-0.4, -0.2) is 38.2 Å². The number of anilines is 2. The van der Waals surface area contributed by atoms with Crippen LogP contribution in [-0.2, 0) is 0 Å². The van der Waals surface area contributed by atoms with Gasteiger partial charge in [0.25, 0.3) is 0 Å². The van der Waals surface area contributed by atoms with Gasteiger partial charge in [-0.1, -0.05) is 48.8 Å². The van der Waals surface area contributed by atoms with Gasteiger partial charge in [-0.15, -0.1) is 0 Å². The number of quaternary nitrogens is 1. The van der Waals surface area contributed by atoms with E-state index in [0.717, 1.165) is 16.1 Å². The van der Waals surface area contributed by atoms with Crippen LogP contribution in [0.15, 0.2) is 52.3 Å². The minimum absolute atomic E-state index is 0.808. The number of halogens is 1. The van der Waals surface area contributed by atoms with Gasteiger partial charge in [-0.05, 0) is 36.8 Å². The van der Waals surface area contributed by atoms with Crippen LogP contribution in [0.2, 0.25) is 5.02 Å². The molecular weight excluding hydrogens is 348 g/mol. The van der Waals surface area contributed by atoms with Crippen LogP contribution in [0.3, 0.4) is 0 Å². The zero-order chi connectivity index (χ0) is 17.9. The molecule has 0 bridgehead atoms. The highest BCUT2D eigenvalue weighted by Crippen LogP contribution is 2.48. The Labute approximate surface area is 161 Å². The second-order valence-corrected chi connectivity index (χ2v) is 8.94. The summed E-state index contributed by atoms with van der Waals surface area (Å²) in [5, 5.41) is 0.808. The fourth-order valence-corrected chi connectivity index (χ4v) is 4.64. The van der Waals surface area contributed by atoms with Crippen molar-refractivity contribution in [1.82, 2.24) is 0 Å². The minimum atomic E-state index is 0.808. The van der Waals surface area contributed by atoms with Crippen LogP contribution >= 0.6 is 23.4 Å². The Morgan fingerprint density at radius 3 is 2.48 bits per heavy atom. The van der Waals surface area contributed by atoms with Crippen LogP contribution in [0.1, 0.15) is 26.2 Å². The topological polar surface area (TPSA) is 3.24 Å². The monoisotopic (exact) mass is 375 g/mol. The Morgan fingerprint density at radius 1 is 0.960 bits per heavy atom. The number of rotatable bonds is 7. The maximum Gasteiger partial charge on any atom is 0.0799 e. The number of benzene rings is 2. The predicted molar refractivity (Wildman–Crippen MR) is 110 cm³/mol. The number of fused-ring (bicyclic) bond motifs is 2. The van der Waals surface area contributed by atoms with Crippen molar-refractivity contribution in [2.24, 2.45) is 0 Å². The first-order chi connectivity index (χ1) is 12.0. The molecule has 0 atom stereocenters. The Kier molecular flexibility index (Phi) is 5.98. The summed E-state index contributed by atoms with van der Waals surface area (Å²) in [5.74, 6) is 0.